The molecule has 0 saturated carbocycles. The van der Waals surface area contributed by atoms with Gasteiger partial charge in [-0.2, -0.15) is 0 Å². The van der Waals surface area contributed by atoms with Crippen molar-refractivity contribution in [1.29, 1.82) is 0 Å². The summed E-state index contributed by atoms with van der Waals surface area (Å²) in [5.74, 6) is 0.178. The Kier molecular flexibility index (Phi) is 6.61. The summed E-state index contributed by atoms with van der Waals surface area (Å²) < 4.78 is 33.2. The van der Waals surface area contributed by atoms with Gasteiger partial charge in [-0.05, 0) is 60.8 Å². The molecule has 1 unspecified atom stereocenters. The highest BCUT2D eigenvalue weighted by Crippen LogP contribution is 2.27. The number of thiophene rings is 1. The third-order valence-electron chi connectivity index (χ3n) is 4.08. The molecule has 0 aliphatic rings. The van der Waals surface area contributed by atoms with Crippen molar-refractivity contribution in [2.75, 3.05) is 16.7 Å². The Balaban J connectivity index is 1.65. The standard InChI is InChI=1S/C20H19BrN2O4S2/c1-14(20(24)22-16-6-3-5-15(21)13-16)27-18-10-8-17(9-11-18)23(2)29(25,26)19-7-4-12-28-19/h3-14H,1-2H3,(H,22,24). The van der Waals surface area contributed by atoms with Gasteiger partial charge in [-0.1, -0.05) is 28.1 Å². The van der Waals surface area contributed by atoms with Crippen LogP contribution >= 0.6 is 27.3 Å². The lowest BCUT2D eigenvalue weighted by Gasteiger charge is -2.19. The number of carbonyl (C=O) groups is 1. The van der Waals surface area contributed by atoms with Crippen LogP contribution in [-0.4, -0.2) is 27.5 Å². The number of hydrogen-bond acceptors (Lipinski definition) is 5. The molecule has 1 atom stereocenters. The van der Waals surface area contributed by atoms with Crippen molar-refractivity contribution in [3.63, 3.8) is 0 Å². The highest BCUT2D eigenvalue weighted by molar-refractivity contribution is 9.10. The van der Waals surface area contributed by atoms with Crippen molar-refractivity contribution in [3.8, 4) is 5.75 Å². The van der Waals surface area contributed by atoms with Crippen molar-refractivity contribution >= 4 is 54.6 Å². The third kappa shape index (κ3) is 5.17. The number of anilines is 2. The van der Waals surface area contributed by atoms with Gasteiger partial charge in [-0.25, -0.2) is 8.42 Å². The van der Waals surface area contributed by atoms with Gasteiger partial charge in [0.15, 0.2) is 6.10 Å². The van der Waals surface area contributed by atoms with E-state index in [2.05, 4.69) is 21.2 Å². The van der Waals surface area contributed by atoms with Crippen LogP contribution in [0.15, 0.2) is 74.7 Å². The molecule has 6 nitrogen and oxygen atoms in total. The number of carbonyl (C=O) groups excluding carboxylic acids is 1. The molecular formula is C20H19BrN2O4S2. The summed E-state index contributed by atoms with van der Waals surface area (Å²) in [7, 11) is -2.09. The first kappa shape index (κ1) is 21.4. The minimum Gasteiger partial charge on any atom is -0.481 e. The van der Waals surface area contributed by atoms with E-state index < -0.39 is 16.1 Å². The molecule has 152 valence electrons. The number of halogens is 1. The number of sulfonamides is 1. The quantitative estimate of drug-likeness (QED) is 0.514. The van der Waals surface area contributed by atoms with Gasteiger partial charge in [-0.15, -0.1) is 11.3 Å². The van der Waals surface area contributed by atoms with E-state index in [1.165, 1.54) is 22.7 Å². The lowest BCUT2D eigenvalue weighted by Crippen LogP contribution is -2.30. The number of hydrogen-bond donors (Lipinski definition) is 1. The van der Waals surface area contributed by atoms with Crippen LogP contribution in [0.2, 0.25) is 0 Å². The summed E-state index contributed by atoms with van der Waals surface area (Å²) in [6.45, 7) is 1.65. The van der Waals surface area contributed by atoms with Crippen molar-refractivity contribution in [3.05, 3.63) is 70.5 Å². The summed E-state index contributed by atoms with van der Waals surface area (Å²) in [5, 5.41) is 4.51. The molecular weight excluding hydrogens is 476 g/mol. The molecule has 0 saturated heterocycles. The fraction of sp³-hybridized carbons (Fsp3) is 0.150. The monoisotopic (exact) mass is 494 g/mol. The van der Waals surface area contributed by atoms with Crippen LogP contribution in [0.4, 0.5) is 11.4 Å². The van der Waals surface area contributed by atoms with Crippen LogP contribution in [0, 0.1) is 0 Å². The summed E-state index contributed by atoms with van der Waals surface area (Å²) in [5.41, 5.74) is 1.16. The summed E-state index contributed by atoms with van der Waals surface area (Å²) in [6, 6.07) is 17.1. The molecule has 0 bridgehead atoms. The largest absolute Gasteiger partial charge is 0.481 e. The summed E-state index contributed by atoms with van der Waals surface area (Å²) in [4.78, 5) is 12.3. The smallest absolute Gasteiger partial charge is 0.273 e. The van der Waals surface area contributed by atoms with E-state index in [0.29, 0.717) is 17.1 Å². The van der Waals surface area contributed by atoms with E-state index in [-0.39, 0.29) is 10.1 Å². The second kappa shape index (κ2) is 8.98. The van der Waals surface area contributed by atoms with Crippen molar-refractivity contribution in [2.45, 2.75) is 17.2 Å². The van der Waals surface area contributed by atoms with Gasteiger partial charge in [0.25, 0.3) is 15.9 Å². The van der Waals surface area contributed by atoms with Crippen molar-refractivity contribution < 1.29 is 17.9 Å². The lowest BCUT2D eigenvalue weighted by atomic mass is 10.3. The van der Waals surface area contributed by atoms with E-state index in [9.17, 15) is 13.2 Å². The number of benzene rings is 2. The Labute approximate surface area is 182 Å². The van der Waals surface area contributed by atoms with Gasteiger partial charge in [-0.3, -0.25) is 9.10 Å². The molecule has 29 heavy (non-hydrogen) atoms. The predicted octanol–water partition coefficient (Wildman–Crippen LogP) is 4.74. The maximum Gasteiger partial charge on any atom is 0.273 e. The first-order valence-electron chi connectivity index (χ1n) is 8.63. The average molecular weight is 495 g/mol. The minimum absolute atomic E-state index is 0.276. The fourth-order valence-electron chi connectivity index (χ4n) is 2.49. The fourth-order valence-corrected chi connectivity index (χ4v) is 5.24. The molecule has 0 fully saturated rings. The molecule has 0 radical (unpaired) electrons. The van der Waals surface area contributed by atoms with E-state index in [1.54, 1.807) is 60.8 Å². The van der Waals surface area contributed by atoms with Crippen LogP contribution in [0.3, 0.4) is 0 Å². The Morgan fingerprint density at radius 3 is 2.48 bits per heavy atom. The first-order chi connectivity index (χ1) is 13.8. The van der Waals surface area contributed by atoms with Gasteiger partial charge in [0, 0.05) is 17.2 Å². The van der Waals surface area contributed by atoms with E-state index in [1.807, 2.05) is 12.1 Å². The Morgan fingerprint density at radius 1 is 1.14 bits per heavy atom. The normalized spacial score (nSPS) is 12.2. The van der Waals surface area contributed by atoms with Crippen LogP contribution in [-0.2, 0) is 14.8 Å². The predicted molar refractivity (Wildman–Crippen MR) is 119 cm³/mol. The Bertz CT molecular complexity index is 1080. The zero-order valence-electron chi connectivity index (χ0n) is 15.7. The number of nitrogens with one attached hydrogen (secondary N) is 1. The van der Waals surface area contributed by atoms with Crippen molar-refractivity contribution in [1.82, 2.24) is 0 Å². The molecule has 0 spiro atoms. The molecule has 3 rings (SSSR count). The maximum absolute atomic E-state index is 12.6. The molecule has 0 aliphatic heterocycles. The second-order valence-electron chi connectivity index (χ2n) is 6.16. The molecule has 0 aliphatic carbocycles. The molecule has 1 aromatic heterocycles. The van der Waals surface area contributed by atoms with Crippen LogP contribution in [0.5, 0.6) is 5.75 Å². The topological polar surface area (TPSA) is 75.7 Å². The zero-order valence-corrected chi connectivity index (χ0v) is 18.9. The van der Waals surface area contributed by atoms with Gasteiger partial charge >= 0.3 is 0 Å². The lowest BCUT2D eigenvalue weighted by molar-refractivity contribution is -0.122. The Hall–Kier alpha value is -2.36. The number of ether oxygens (including phenoxy) is 1. The molecule has 1 amide bonds. The van der Waals surface area contributed by atoms with Crippen LogP contribution < -0.4 is 14.4 Å². The Morgan fingerprint density at radius 2 is 1.86 bits per heavy atom. The molecule has 2 aromatic carbocycles. The minimum atomic E-state index is -3.59. The second-order valence-corrected chi connectivity index (χ2v) is 10.2. The summed E-state index contributed by atoms with van der Waals surface area (Å²) >= 11 is 4.53. The molecule has 1 N–H and O–H groups in total. The SMILES string of the molecule is CC(Oc1ccc(N(C)S(=O)(=O)c2cccs2)cc1)C(=O)Nc1cccc(Br)c1. The summed E-state index contributed by atoms with van der Waals surface area (Å²) in [6.07, 6.45) is -0.729. The highest BCUT2D eigenvalue weighted by atomic mass is 79.9. The van der Waals surface area contributed by atoms with Crippen LogP contribution in [0.1, 0.15) is 6.92 Å². The molecule has 3 aromatic rings. The molecule has 1 heterocycles. The number of nitrogens with zero attached hydrogens (tertiary/aromatic N) is 1. The van der Waals surface area contributed by atoms with Crippen molar-refractivity contribution in [2.24, 2.45) is 0 Å². The van der Waals surface area contributed by atoms with Gasteiger partial charge in [0.1, 0.15) is 9.96 Å². The maximum atomic E-state index is 12.6. The van der Waals surface area contributed by atoms with Crippen LogP contribution in [0.25, 0.3) is 0 Å². The van der Waals surface area contributed by atoms with E-state index in [0.717, 1.165) is 4.47 Å². The zero-order chi connectivity index (χ0) is 21.0. The average Bonchev–Trinajstić information content (AvgIpc) is 3.23. The number of amides is 1. The first-order valence-corrected chi connectivity index (χ1v) is 11.7. The highest BCUT2D eigenvalue weighted by Gasteiger charge is 2.22. The number of rotatable bonds is 7. The molecule has 9 heteroatoms. The van der Waals surface area contributed by atoms with E-state index >= 15 is 0 Å². The van der Waals surface area contributed by atoms with E-state index in [4.69, 9.17) is 4.74 Å². The third-order valence-corrected chi connectivity index (χ3v) is 7.74. The van der Waals surface area contributed by atoms with Gasteiger partial charge in [0.2, 0.25) is 0 Å². The van der Waals surface area contributed by atoms with Gasteiger partial charge in [0.05, 0.1) is 5.69 Å². The van der Waals surface area contributed by atoms with Gasteiger partial charge < -0.3 is 10.1 Å².